The summed E-state index contributed by atoms with van der Waals surface area (Å²) in [5, 5.41) is 4.02. The standard InChI is InChI=1S/C31H36Cl3N3O4S/c1-5-7-17-35-31(39)28(6-2)36(19-23-13-14-24(32)18-27(23)34)30(38)20-37(29-10-8-9-26(33)22(29)4)42(40,41)25-15-11-21(3)12-16-25/h8-16,18,28H,5-7,17,19-20H2,1-4H3,(H,35,39)/t28-/m1/s1. The summed E-state index contributed by atoms with van der Waals surface area (Å²) in [6, 6.07) is 15.3. The highest BCUT2D eigenvalue weighted by atomic mass is 35.5. The van der Waals surface area contributed by atoms with E-state index in [4.69, 9.17) is 34.8 Å². The predicted octanol–water partition coefficient (Wildman–Crippen LogP) is 7.18. The molecule has 0 fully saturated rings. The van der Waals surface area contributed by atoms with Gasteiger partial charge in [-0.1, -0.05) is 84.9 Å². The van der Waals surface area contributed by atoms with Crippen molar-refractivity contribution in [2.24, 2.45) is 0 Å². The van der Waals surface area contributed by atoms with Crippen molar-refractivity contribution in [2.45, 2.75) is 64.4 Å². The average molecular weight is 653 g/mol. The first-order chi connectivity index (χ1) is 19.9. The molecular formula is C31H36Cl3N3O4S. The fourth-order valence-corrected chi connectivity index (χ4v) is 6.59. The zero-order valence-electron chi connectivity index (χ0n) is 24.2. The fraction of sp³-hybridized carbons (Fsp3) is 0.355. The summed E-state index contributed by atoms with van der Waals surface area (Å²) in [4.78, 5) is 28.9. The lowest BCUT2D eigenvalue weighted by molar-refractivity contribution is -0.140. The summed E-state index contributed by atoms with van der Waals surface area (Å²) in [5.74, 6) is -0.898. The van der Waals surface area contributed by atoms with Gasteiger partial charge < -0.3 is 10.2 Å². The number of benzene rings is 3. The van der Waals surface area contributed by atoms with E-state index in [0.717, 1.165) is 22.7 Å². The number of carbonyl (C=O) groups is 2. The van der Waals surface area contributed by atoms with Crippen molar-refractivity contribution < 1.29 is 18.0 Å². The number of halogens is 3. The van der Waals surface area contributed by atoms with E-state index in [1.54, 1.807) is 62.4 Å². The third-order valence-electron chi connectivity index (χ3n) is 6.97. The number of amides is 2. The Morgan fingerprint density at radius 2 is 1.62 bits per heavy atom. The summed E-state index contributed by atoms with van der Waals surface area (Å²) < 4.78 is 29.2. The van der Waals surface area contributed by atoms with Gasteiger partial charge in [-0.05, 0) is 74.2 Å². The van der Waals surface area contributed by atoms with Crippen LogP contribution in [-0.2, 0) is 26.2 Å². The quantitative estimate of drug-likeness (QED) is 0.198. The molecule has 11 heteroatoms. The predicted molar refractivity (Wildman–Crippen MR) is 171 cm³/mol. The Hall–Kier alpha value is -2.78. The monoisotopic (exact) mass is 651 g/mol. The number of sulfonamides is 1. The summed E-state index contributed by atoms with van der Waals surface area (Å²) in [6.07, 6.45) is 1.98. The van der Waals surface area contributed by atoms with Crippen LogP contribution in [0.15, 0.2) is 65.6 Å². The second kappa shape index (κ2) is 15.1. The van der Waals surface area contributed by atoms with E-state index in [2.05, 4.69) is 5.32 Å². The van der Waals surface area contributed by atoms with E-state index in [9.17, 15) is 18.0 Å². The van der Waals surface area contributed by atoms with Gasteiger partial charge >= 0.3 is 0 Å². The third-order valence-corrected chi connectivity index (χ3v) is 9.74. The maximum absolute atomic E-state index is 14.2. The highest BCUT2D eigenvalue weighted by molar-refractivity contribution is 7.92. The molecule has 1 atom stereocenters. The van der Waals surface area contributed by atoms with E-state index in [0.29, 0.717) is 39.2 Å². The van der Waals surface area contributed by atoms with Gasteiger partial charge in [-0.3, -0.25) is 13.9 Å². The van der Waals surface area contributed by atoms with Crippen LogP contribution in [0.25, 0.3) is 0 Å². The van der Waals surface area contributed by atoms with Crippen molar-refractivity contribution in [3.8, 4) is 0 Å². The summed E-state index contributed by atoms with van der Waals surface area (Å²) >= 11 is 19.0. The van der Waals surface area contributed by atoms with Gasteiger partial charge in [-0.25, -0.2) is 8.42 Å². The first-order valence-corrected chi connectivity index (χ1v) is 16.3. The zero-order chi connectivity index (χ0) is 31.0. The number of nitrogens with zero attached hydrogens (tertiary/aromatic N) is 2. The molecule has 0 aliphatic heterocycles. The van der Waals surface area contributed by atoms with Crippen LogP contribution >= 0.6 is 34.8 Å². The number of anilines is 1. The van der Waals surface area contributed by atoms with Gasteiger partial charge in [0.1, 0.15) is 12.6 Å². The Bertz CT molecular complexity index is 1510. The molecule has 0 unspecified atom stereocenters. The highest BCUT2D eigenvalue weighted by Gasteiger charge is 2.34. The molecule has 0 heterocycles. The molecule has 0 saturated heterocycles. The van der Waals surface area contributed by atoms with Crippen LogP contribution in [0.5, 0.6) is 0 Å². The number of rotatable bonds is 13. The number of hydrogen-bond acceptors (Lipinski definition) is 4. The lowest BCUT2D eigenvalue weighted by atomic mass is 10.1. The zero-order valence-corrected chi connectivity index (χ0v) is 27.2. The van der Waals surface area contributed by atoms with E-state index in [1.807, 2.05) is 13.8 Å². The smallest absolute Gasteiger partial charge is 0.264 e. The van der Waals surface area contributed by atoms with Gasteiger partial charge in [-0.2, -0.15) is 0 Å². The van der Waals surface area contributed by atoms with Crippen LogP contribution in [0.2, 0.25) is 15.1 Å². The summed E-state index contributed by atoms with van der Waals surface area (Å²) in [5.41, 5.74) is 2.23. The number of nitrogens with one attached hydrogen (secondary N) is 1. The van der Waals surface area contributed by atoms with Crippen LogP contribution in [0.1, 0.15) is 49.8 Å². The molecule has 0 aromatic heterocycles. The van der Waals surface area contributed by atoms with Gasteiger partial charge in [0.25, 0.3) is 10.0 Å². The first kappa shape index (κ1) is 33.7. The lowest BCUT2D eigenvalue weighted by Crippen LogP contribution is -2.52. The topological polar surface area (TPSA) is 86.8 Å². The molecule has 1 N–H and O–H groups in total. The Balaban J connectivity index is 2.10. The van der Waals surface area contributed by atoms with E-state index in [1.165, 1.54) is 17.0 Å². The van der Waals surface area contributed by atoms with Crippen molar-refractivity contribution in [1.29, 1.82) is 0 Å². The SMILES string of the molecule is CCCCNC(=O)[C@@H](CC)N(Cc1ccc(Cl)cc1Cl)C(=O)CN(c1cccc(Cl)c1C)S(=O)(=O)c1ccc(C)cc1. The van der Waals surface area contributed by atoms with Gasteiger partial charge in [0.15, 0.2) is 0 Å². The molecule has 0 radical (unpaired) electrons. The van der Waals surface area contributed by atoms with E-state index in [-0.39, 0.29) is 23.0 Å². The molecule has 0 bridgehead atoms. The Morgan fingerprint density at radius 1 is 0.929 bits per heavy atom. The Kier molecular flexibility index (Phi) is 12.1. The van der Waals surface area contributed by atoms with Crippen molar-refractivity contribution >= 4 is 62.3 Å². The molecule has 3 rings (SSSR count). The molecule has 0 spiro atoms. The second-order valence-electron chi connectivity index (χ2n) is 10.0. The van der Waals surface area contributed by atoms with Gasteiger partial charge in [-0.15, -0.1) is 0 Å². The molecule has 3 aromatic carbocycles. The lowest BCUT2D eigenvalue weighted by Gasteiger charge is -2.34. The van der Waals surface area contributed by atoms with Gasteiger partial charge in [0.2, 0.25) is 11.8 Å². The van der Waals surface area contributed by atoms with Crippen LogP contribution in [0.3, 0.4) is 0 Å². The molecule has 0 aliphatic rings. The largest absolute Gasteiger partial charge is 0.354 e. The molecule has 0 aliphatic carbocycles. The average Bonchev–Trinajstić information content (AvgIpc) is 2.94. The van der Waals surface area contributed by atoms with Crippen molar-refractivity contribution in [1.82, 2.24) is 10.2 Å². The van der Waals surface area contributed by atoms with Crippen molar-refractivity contribution in [2.75, 3.05) is 17.4 Å². The highest BCUT2D eigenvalue weighted by Crippen LogP contribution is 2.32. The minimum Gasteiger partial charge on any atom is -0.354 e. The van der Waals surface area contributed by atoms with Crippen LogP contribution in [-0.4, -0.2) is 44.3 Å². The number of unbranched alkanes of at least 4 members (excludes halogenated alkanes) is 1. The third kappa shape index (κ3) is 8.19. The minimum atomic E-state index is -4.21. The maximum Gasteiger partial charge on any atom is 0.264 e. The molecule has 0 saturated carbocycles. The first-order valence-electron chi connectivity index (χ1n) is 13.8. The van der Waals surface area contributed by atoms with Gasteiger partial charge in [0.05, 0.1) is 10.6 Å². The van der Waals surface area contributed by atoms with Crippen molar-refractivity contribution in [3.63, 3.8) is 0 Å². The van der Waals surface area contributed by atoms with Gasteiger partial charge in [0, 0.05) is 28.2 Å². The molecular weight excluding hydrogens is 617 g/mol. The molecule has 226 valence electrons. The fourth-order valence-electron chi connectivity index (χ4n) is 4.48. The molecule has 42 heavy (non-hydrogen) atoms. The van der Waals surface area contributed by atoms with Crippen molar-refractivity contribution in [3.05, 3.63) is 92.4 Å². The molecule has 3 aromatic rings. The van der Waals surface area contributed by atoms with Crippen LogP contribution < -0.4 is 9.62 Å². The Morgan fingerprint density at radius 3 is 2.24 bits per heavy atom. The summed E-state index contributed by atoms with van der Waals surface area (Å²) in [7, 11) is -4.21. The number of hydrogen-bond donors (Lipinski definition) is 1. The number of aryl methyl sites for hydroxylation is 1. The van der Waals surface area contributed by atoms with Crippen LogP contribution in [0.4, 0.5) is 5.69 Å². The normalized spacial score (nSPS) is 12.1. The van der Waals surface area contributed by atoms with Crippen LogP contribution in [0, 0.1) is 13.8 Å². The second-order valence-corrected chi connectivity index (χ2v) is 13.1. The molecule has 7 nitrogen and oxygen atoms in total. The van der Waals surface area contributed by atoms with E-state index < -0.39 is 28.5 Å². The maximum atomic E-state index is 14.2. The van der Waals surface area contributed by atoms with E-state index >= 15 is 0 Å². The Labute approximate surface area is 263 Å². The molecule has 2 amide bonds. The number of carbonyl (C=O) groups excluding carboxylic acids is 2. The minimum absolute atomic E-state index is 0.0249. The summed E-state index contributed by atoms with van der Waals surface area (Å²) in [6.45, 7) is 7.24.